The van der Waals surface area contributed by atoms with Crippen LogP contribution in [0.15, 0.2) is 0 Å². The zero-order valence-corrected chi connectivity index (χ0v) is 14.1. The molecule has 2 rings (SSSR count). The highest BCUT2D eigenvalue weighted by Crippen LogP contribution is 2.53. The van der Waals surface area contributed by atoms with Gasteiger partial charge in [-0.25, -0.2) is 4.98 Å². The molecule has 0 aliphatic heterocycles. The van der Waals surface area contributed by atoms with Crippen LogP contribution < -0.4 is 5.32 Å². The van der Waals surface area contributed by atoms with Gasteiger partial charge in [0.05, 0.1) is 11.2 Å². The predicted octanol–water partition coefficient (Wildman–Crippen LogP) is 4.27. The highest BCUT2D eigenvalue weighted by Gasteiger charge is 2.51. The number of nitrogens with zero attached hydrogens (tertiary/aromatic N) is 1. The fourth-order valence-electron chi connectivity index (χ4n) is 3.87. The van der Waals surface area contributed by atoms with Crippen LogP contribution in [0.1, 0.15) is 63.0 Å². The van der Waals surface area contributed by atoms with Crippen molar-refractivity contribution in [1.82, 2.24) is 10.3 Å². The molecule has 0 aromatic carbocycles. The Bertz CT molecular complexity index is 450. The van der Waals surface area contributed by atoms with Gasteiger partial charge >= 0.3 is 0 Å². The van der Waals surface area contributed by atoms with Crippen LogP contribution in [0.25, 0.3) is 0 Å². The lowest BCUT2D eigenvalue weighted by Crippen LogP contribution is -2.45. The van der Waals surface area contributed by atoms with Crippen LogP contribution in [0.4, 0.5) is 0 Å². The summed E-state index contributed by atoms with van der Waals surface area (Å²) < 4.78 is 0. The molecule has 2 nitrogen and oxygen atoms in total. The van der Waals surface area contributed by atoms with Crippen LogP contribution in [0.5, 0.6) is 0 Å². The molecule has 1 aromatic rings. The lowest BCUT2D eigenvalue weighted by molar-refractivity contribution is 0.256. The minimum Gasteiger partial charge on any atom is -0.305 e. The van der Waals surface area contributed by atoms with Gasteiger partial charge in [0.15, 0.2) is 0 Å². The second-order valence-electron chi connectivity index (χ2n) is 6.82. The third-order valence-electron chi connectivity index (χ3n) is 4.56. The Balaban J connectivity index is 2.44. The van der Waals surface area contributed by atoms with E-state index in [2.05, 4.69) is 46.9 Å². The number of aryl methyl sites for hydroxylation is 2. The molecule has 2 unspecified atom stereocenters. The lowest BCUT2D eigenvalue weighted by Gasteiger charge is -2.33. The Morgan fingerprint density at radius 3 is 2.47 bits per heavy atom. The standard InChI is InChI=1S/C16H28N2S/c1-7-13-12(4)19-14(18-13)16(17-8-2)10-15(5,6)9-11(16)3/h11,17H,7-10H2,1-6H3. The van der Waals surface area contributed by atoms with Crippen molar-refractivity contribution in [1.29, 1.82) is 0 Å². The third kappa shape index (κ3) is 2.59. The third-order valence-corrected chi connectivity index (χ3v) is 5.75. The molecule has 0 amide bonds. The van der Waals surface area contributed by atoms with Crippen molar-refractivity contribution >= 4 is 11.3 Å². The minimum absolute atomic E-state index is 0.0983. The Morgan fingerprint density at radius 2 is 2.05 bits per heavy atom. The number of thiazole rings is 1. The van der Waals surface area contributed by atoms with Crippen molar-refractivity contribution in [2.75, 3.05) is 6.54 Å². The number of aromatic nitrogens is 1. The molecule has 0 saturated heterocycles. The van der Waals surface area contributed by atoms with Crippen molar-refractivity contribution in [3.63, 3.8) is 0 Å². The maximum atomic E-state index is 4.97. The fraction of sp³-hybridized carbons (Fsp3) is 0.812. The molecule has 0 radical (unpaired) electrons. The molecule has 1 aliphatic rings. The van der Waals surface area contributed by atoms with Crippen LogP contribution in [0.2, 0.25) is 0 Å². The first-order valence-electron chi connectivity index (χ1n) is 7.56. The second kappa shape index (κ2) is 5.17. The smallest absolute Gasteiger partial charge is 0.114 e. The van der Waals surface area contributed by atoms with Gasteiger partial charge in [0, 0.05) is 4.88 Å². The molecule has 0 spiro atoms. The second-order valence-corrected chi connectivity index (χ2v) is 8.03. The molecule has 3 heteroatoms. The van der Waals surface area contributed by atoms with Gasteiger partial charge in [-0.3, -0.25) is 0 Å². The number of rotatable bonds is 4. The van der Waals surface area contributed by atoms with Crippen LogP contribution in [0, 0.1) is 18.3 Å². The molecule has 0 bridgehead atoms. The van der Waals surface area contributed by atoms with Crippen LogP contribution in [-0.4, -0.2) is 11.5 Å². The molecule has 1 heterocycles. The van der Waals surface area contributed by atoms with Gasteiger partial charge in [-0.1, -0.05) is 34.6 Å². The summed E-state index contributed by atoms with van der Waals surface area (Å²) in [5.74, 6) is 0.651. The van der Waals surface area contributed by atoms with Gasteiger partial charge in [0.1, 0.15) is 5.01 Å². The van der Waals surface area contributed by atoms with E-state index in [4.69, 9.17) is 4.98 Å². The number of hydrogen-bond donors (Lipinski definition) is 1. The fourth-order valence-corrected chi connectivity index (χ4v) is 5.15. The largest absolute Gasteiger partial charge is 0.305 e. The summed E-state index contributed by atoms with van der Waals surface area (Å²) in [4.78, 5) is 6.37. The van der Waals surface area contributed by atoms with E-state index in [1.54, 1.807) is 0 Å². The van der Waals surface area contributed by atoms with Crippen molar-refractivity contribution in [3.8, 4) is 0 Å². The van der Waals surface area contributed by atoms with Crippen molar-refractivity contribution in [3.05, 3.63) is 15.6 Å². The van der Waals surface area contributed by atoms with E-state index in [-0.39, 0.29) is 5.54 Å². The topological polar surface area (TPSA) is 24.9 Å². The first-order valence-corrected chi connectivity index (χ1v) is 8.38. The highest BCUT2D eigenvalue weighted by atomic mass is 32.1. The summed E-state index contributed by atoms with van der Waals surface area (Å²) in [7, 11) is 0. The summed E-state index contributed by atoms with van der Waals surface area (Å²) in [6, 6.07) is 0. The SMILES string of the molecule is CCNC1(c2nc(CC)c(C)s2)CC(C)(C)CC1C. The van der Waals surface area contributed by atoms with E-state index in [0.29, 0.717) is 11.3 Å². The molecule has 19 heavy (non-hydrogen) atoms. The summed E-state index contributed by atoms with van der Waals surface area (Å²) >= 11 is 1.91. The van der Waals surface area contributed by atoms with E-state index >= 15 is 0 Å². The van der Waals surface area contributed by atoms with Crippen LogP contribution in [0.3, 0.4) is 0 Å². The lowest BCUT2D eigenvalue weighted by atomic mass is 9.86. The van der Waals surface area contributed by atoms with Gasteiger partial charge in [0.25, 0.3) is 0 Å². The summed E-state index contributed by atoms with van der Waals surface area (Å²) in [5.41, 5.74) is 1.79. The Labute approximate surface area is 122 Å². The van der Waals surface area contributed by atoms with Gasteiger partial charge < -0.3 is 5.32 Å². The molecule has 1 aromatic heterocycles. The zero-order chi connectivity index (χ0) is 14.3. The molecular formula is C16H28N2S. The Morgan fingerprint density at radius 1 is 1.37 bits per heavy atom. The average molecular weight is 280 g/mol. The predicted molar refractivity (Wildman–Crippen MR) is 83.8 cm³/mol. The molecule has 2 atom stereocenters. The summed E-state index contributed by atoms with van der Waals surface area (Å²) in [6.45, 7) is 14.8. The molecular weight excluding hydrogens is 252 g/mol. The quantitative estimate of drug-likeness (QED) is 0.890. The van der Waals surface area contributed by atoms with E-state index in [0.717, 1.165) is 13.0 Å². The van der Waals surface area contributed by atoms with Crippen molar-refractivity contribution < 1.29 is 0 Å². The van der Waals surface area contributed by atoms with Crippen molar-refractivity contribution in [2.24, 2.45) is 11.3 Å². The van der Waals surface area contributed by atoms with Crippen molar-refractivity contribution in [2.45, 2.75) is 66.3 Å². The first kappa shape index (κ1) is 15.0. The molecule has 1 aliphatic carbocycles. The van der Waals surface area contributed by atoms with Crippen LogP contribution in [-0.2, 0) is 12.0 Å². The average Bonchev–Trinajstić information content (AvgIpc) is 2.78. The van der Waals surface area contributed by atoms with E-state index in [1.807, 2.05) is 11.3 Å². The first-order chi connectivity index (χ1) is 8.84. The minimum atomic E-state index is 0.0983. The summed E-state index contributed by atoms with van der Waals surface area (Å²) in [5, 5.41) is 5.11. The summed E-state index contributed by atoms with van der Waals surface area (Å²) in [6.07, 6.45) is 3.52. The van der Waals surface area contributed by atoms with E-state index < -0.39 is 0 Å². The molecule has 1 fully saturated rings. The number of nitrogens with one attached hydrogen (secondary N) is 1. The molecule has 1 saturated carbocycles. The maximum Gasteiger partial charge on any atom is 0.114 e. The highest BCUT2D eigenvalue weighted by molar-refractivity contribution is 7.11. The Kier molecular flexibility index (Phi) is 4.08. The maximum absolute atomic E-state index is 4.97. The number of hydrogen-bond acceptors (Lipinski definition) is 3. The van der Waals surface area contributed by atoms with Gasteiger partial charge in [0.2, 0.25) is 0 Å². The van der Waals surface area contributed by atoms with Crippen LogP contribution >= 0.6 is 11.3 Å². The van der Waals surface area contributed by atoms with Gasteiger partial charge in [-0.2, -0.15) is 0 Å². The van der Waals surface area contributed by atoms with E-state index in [1.165, 1.54) is 28.4 Å². The molecule has 1 N–H and O–H groups in total. The monoisotopic (exact) mass is 280 g/mol. The van der Waals surface area contributed by atoms with Gasteiger partial charge in [-0.05, 0) is 44.1 Å². The molecule has 108 valence electrons. The normalized spacial score (nSPS) is 29.9. The van der Waals surface area contributed by atoms with Gasteiger partial charge in [-0.15, -0.1) is 11.3 Å². The zero-order valence-electron chi connectivity index (χ0n) is 13.3. The Hall–Kier alpha value is -0.410. The van der Waals surface area contributed by atoms with E-state index in [9.17, 15) is 0 Å².